The Morgan fingerprint density at radius 1 is 0.509 bits per heavy atom. The monoisotopic (exact) mass is 868 g/mol. The van der Waals surface area contributed by atoms with Crippen molar-refractivity contribution in [3.63, 3.8) is 0 Å². The van der Waals surface area contributed by atoms with Crippen LogP contribution in [0.5, 0.6) is 11.5 Å². The summed E-state index contributed by atoms with van der Waals surface area (Å²) in [4.78, 5) is 0. The summed E-state index contributed by atoms with van der Waals surface area (Å²) < 4.78 is 39.2. The lowest BCUT2D eigenvalue weighted by Gasteiger charge is -2.39. The fourth-order valence-corrected chi connectivity index (χ4v) is 34.6. The maximum absolute atomic E-state index is 11.0. The first-order chi connectivity index (χ1) is 25.3. The van der Waals surface area contributed by atoms with Crippen LogP contribution in [0.3, 0.4) is 0 Å². The molecular formula is C41H80O8Si6. The Kier molecular flexibility index (Phi) is 19.1. The highest BCUT2D eigenvalue weighted by molar-refractivity contribution is 6.87. The van der Waals surface area contributed by atoms with Crippen LogP contribution in [-0.4, -0.2) is 75.3 Å². The number of aromatic hydroxyl groups is 2. The summed E-state index contributed by atoms with van der Waals surface area (Å²) in [6.45, 7) is 31.0. The van der Waals surface area contributed by atoms with Gasteiger partial charge in [0.2, 0.25) is 0 Å². The third-order valence-corrected chi connectivity index (χ3v) is 34.0. The van der Waals surface area contributed by atoms with Crippen molar-refractivity contribution >= 4 is 50.9 Å². The standard InChI is InChI=1S/C41H80O8Si6/c1-17-19-29-50(7,8)46-52(11,12)48-54(15,44-5)31-21-23-35-33-37(25-27-39(35)42)41(3,4)38-26-28-40(43)36(34-38)24-22-32-55(16,45-6)49-53(13,14)47-51(9,10)30-20-18-2/h25-28,33-34,42-43H,17-24,29-32H2,1-16H3. The molecule has 0 saturated heterocycles. The molecule has 2 unspecified atom stereocenters. The molecule has 8 nitrogen and oxygen atoms in total. The van der Waals surface area contributed by atoms with Gasteiger partial charge in [-0.15, -0.1) is 0 Å². The second-order valence-electron chi connectivity index (χ2n) is 18.6. The molecule has 2 rings (SSSR count). The van der Waals surface area contributed by atoms with Gasteiger partial charge in [-0.3, -0.25) is 0 Å². The van der Waals surface area contributed by atoms with Gasteiger partial charge in [0.25, 0.3) is 0 Å². The maximum Gasteiger partial charge on any atom is 0.325 e. The van der Waals surface area contributed by atoms with E-state index in [9.17, 15) is 10.2 Å². The lowest BCUT2D eigenvalue weighted by molar-refractivity contribution is 0.269. The average molecular weight is 870 g/mol. The molecule has 0 spiro atoms. The van der Waals surface area contributed by atoms with Crippen molar-refractivity contribution in [3.8, 4) is 11.5 Å². The average Bonchev–Trinajstić information content (AvgIpc) is 3.06. The van der Waals surface area contributed by atoms with Crippen LogP contribution in [0.25, 0.3) is 0 Å². The molecule has 0 amide bonds. The summed E-state index contributed by atoms with van der Waals surface area (Å²) in [5.74, 6) is 0.621. The molecule has 0 aliphatic rings. The quantitative estimate of drug-likeness (QED) is 0.0903. The molecule has 0 bridgehead atoms. The van der Waals surface area contributed by atoms with E-state index in [1.807, 2.05) is 24.3 Å². The van der Waals surface area contributed by atoms with Crippen molar-refractivity contribution in [1.29, 1.82) is 0 Å². The molecule has 0 radical (unpaired) electrons. The Labute approximate surface area is 343 Å². The van der Waals surface area contributed by atoms with Crippen LogP contribution in [0.15, 0.2) is 36.4 Å². The predicted molar refractivity (Wildman–Crippen MR) is 246 cm³/mol. The Bertz CT molecular complexity index is 1380. The van der Waals surface area contributed by atoms with Crippen LogP contribution < -0.4 is 0 Å². The van der Waals surface area contributed by atoms with E-state index in [0.29, 0.717) is 11.5 Å². The zero-order chi connectivity index (χ0) is 41.9. The van der Waals surface area contributed by atoms with Crippen LogP contribution in [0.4, 0.5) is 0 Å². The summed E-state index contributed by atoms with van der Waals surface area (Å²) in [6, 6.07) is 15.9. The summed E-state index contributed by atoms with van der Waals surface area (Å²) in [5, 5.41) is 21.9. The number of rotatable bonds is 26. The number of hydrogen-bond donors (Lipinski definition) is 2. The first-order valence-corrected chi connectivity index (χ1v) is 37.7. The van der Waals surface area contributed by atoms with Crippen molar-refractivity contribution in [3.05, 3.63) is 58.7 Å². The number of unbranched alkanes of at least 4 members (excludes halogenated alkanes) is 2. The molecule has 2 aromatic rings. The van der Waals surface area contributed by atoms with Crippen molar-refractivity contribution < 1.29 is 35.5 Å². The van der Waals surface area contributed by atoms with Gasteiger partial charge in [0.15, 0.2) is 16.6 Å². The summed E-state index contributed by atoms with van der Waals surface area (Å²) in [7, 11) is -9.84. The van der Waals surface area contributed by atoms with Crippen LogP contribution >= 0.6 is 0 Å². The molecule has 0 aromatic heterocycles. The van der Waals surface area contributed by atoms with Gasteiger partial charge < -0.3 is 35.5 Å². The minimum absolute atomic E-state index is 0.311. The van der Waals surface area contributed by atoms with E-state index >= 15 is 0 Å². The van der Waals surface area contributed by atoms with Crippen molar-refractivity contribution in [1.82, 2.24) is 0 Å². The molecule has 0 saturated carbocycles. The molecule has 0 aliphatic heterocycles. The molecule has 14 heteroatoms. The summed E-state index contributed by atoms with van der Waals surface area (Å²) in [5.41, 5.74) is 3.73. The smallest absolute Gasteiger partial charge is 0.325 e. The van der Waals surface area contributed by atoms with Crippen molar-refractivity contribution in [2.24, 2.45) is 0 Å². The topological polar surface area (TPSA) is 95.8 Å². The zero-order valence-electron chi connectivity index (χ0n) is 37.8. The lowest BCUT2D eigenvalue weighted by atomic mass is 9.76. The van der Waals surface area contributed by atoms with Crippen LogP contribution in [-0.2, 0) is 43.6 Å². The molecule has 0 heterocycles. The molecule has 55 heavy (non-hydrogen) atoms. The molecular weight excluding hydrogens is 789 g/mol. The van der Waals surface area contributed by atoms with Crippen LogP contribution in [0.1, 0.15) is 88.5 Å². The molecule has 0 fully saturated rings. The van der Waals surface area contributed by atoms with E-state index < -0.39 is 50.9 Å². The molecule has 0 aliphatic carbocycles. The van der Waals surface area contributed by atoms with E-state index in [-0.39, 0.29) is 5.41 Å². The van der Waals surface area contributed by atoms with Gasteiger partial charge in [0.05, 0.1) is 0 Å². The van der Waals surface area contributed by atoms with Gasteiger partial charge in [-0.2, -0.15) is 0 Å². The van der Waals surface area contributed by atoms with Gasteiger partial charge in [-0.1, -0.05) is 77.6 Å². The Hall–Kier alpha value is -0.899. The second-order valence-corrected chi connectivity index (χ2v) is 41.9. The third-order valence-electron chi connectivity index (χ3n) is 10.9. The molecule has 2 atom stereocenters. The minimum Gasteiger partial charge on any atom is -0.508 e. The highest BCUT2D eigenvalue weighted by Gasteiger charge is 2.44. The minimum atomic E-state index is -2.49. The first kappa shape index (κ1) is 50.2. The van der Waals surface area contributed by atoms with Gasteiger partial charge in [-0.05, 0) is 150 Å². The number of aryl methyl sites for hydroxylation is 2. The molecule has 2 aromatic carbocycles. The third kappa shape index (κ3) is 16.7. The highest BCUT2D eigenvalue weighted by Crippen LogP contribution is 2.37. The molecule has 2 N–H and O–H groups in total. The van der Waals surface area contributed by atoms with Crippen molar-refractivity contribution in [2.75, 3.05) is 14.2 Å². The predicted octanol–water partition coefficient (Wildman–Crippen LogP) is 12.2. The van der Waals surface area contributed by atoms with Gasteiger partial charge in [-0.25, -0.2) is 0 Å². The van der Waals surface area contributed by atoms with E-state index in [2.05, 4.69) is 105 Å². The van der Waals surface area contributed by atoms with E-state index in [4.69, 9.17) is 25.3 Å². The van der Waals surface area contributed by atoms with Gasteiger partial charge in [0.1, 0.15) is 11.5 Å². The van der Waals surface area contributed by atoms with E-state index in [1.165, 1.54) is 25.7 Å². The van der Waals surface area contributed by atoms with Crippen molar-refractivity contribution in [2.45, 2.75) is 174 Å². The van der Waals surface area contributed by atoms with Crippen LogP contribution in [0.2, 0.25) is 89.6 Å². The van der Waals surface area contributed by atoms with Crippen LogP contribution in [0, 0.1) is 0 Å². The normalized spacial score (nSPS) is 15.6. The fraction of sp³-hybridized carbons (Fsp3) is 0.707. The Balaban J connectivity index is 2.15. The Morgan fingerprint density at radius 2 is 0.855 bits per heavy atom. The first-order valence-electron chi connectivity index (χ1n) is 20.8. The SMILES string of the molecule is CCCC[Si](C)(C)O[Si](C)(C)O[Si](C)(CCCc1cc(C(C)(C)c2ccc(O)c(CCC[Si](C)(OC)O[Si](C)(C)O[Si](C)(C)CCCC)c2)ccc1O)OC. The second kappa shape index (κ2) is 20.9. The number of phenols is 2. The number of benzene rings is 2. The molecule has 316 valence electrons. The van der Waals surface area contributed by atoms with E-state index in [0.717, 1.165) is 72.1 Å². The summed E-state index contributed by atoms with van der Waals surface area (Å²) >= 11 is 0. The maximum atomic E-state index is 11.0. The number of hydrogen-bond acceptors (Lipinski definition) is 8. The lowest BCUT2D eigenvalue weighted by Crippen LogP contribution is -2.54. The Morgan fingerprint density at radius 3 is 1.16 bits per heavy atom. The highest BCUT2D eigenvalue weighted by atomic mass is 28.5. The van der Waals surface area contributed by atoms with E-state index in [1.54, 1.807) is 14.2 Å². The fourth-order valence-electron chi connectivity index (χ4n) is 7.82. The zero-order valence-corrected chi connectivity index (χ0v) is 43.8. The largest absolute Gasteiger partial charge is 0.508 e. The van der Waals surface area contributed by atoms with Gasteiger partial charge >= 0.3 is 34.2 Å². The number of phenolic OH excluding ortho intramolecular Hbond substituents is 2. The van der Waals surface area contributed by atoms with Gasteiger partial charge in [0, 0.05) is 19.6 Å². The summed E-state index contributed by atoms with van der Waals surface area (Å²) in [6.07, 6.45) is 7.87.